The topological polar surface area (TPSA) is 116 Å². The van der Waals surface area contributed by atoms with Crippen LogP contribution in [0.4, 0.5) is 16.0 Å². The molecule has 3 N–H and O–H groups in total. The molecule has 1 atom stereocenters. The van der Waals surface area contributed by atoms with Gasteiger partial charge in [0.1, 0.15) is 11.4 Å². The molecule has 5 heterocycles. The van der Waals surface area contributed by atoms with E-state index >= 15 is 4.39 Å². The number of likely N-dealkylation sites (N-methyl/N-ethyl adjacent to an activating group) is 1. The van der Waals surface area contributed by atoms with Gasteiger partial charge < -0.3 is 20.5 Å². The van der Waals surface area contributed by atoms with E-state index in [1.165, 1.54) is 0 Å². The molecular formula is C23H21ClFN7O2. The number of nitrogens with one attached hydrogen (secondary N) is 3. The van der Waals surface area contributed by atoms with E-state index < -0.39 is 5.82 Å². The lowest BCUT2D eigenvalue weighted by Crippen LogP contribution is -2.42. The first-order valence-electron chi connectivity index (χ1n) is 11.1. The number of nitrogens with zero attached hydrogens (tertiary/aromatic N) is 4. The second-order valence-corrected chi connectivity index (χ2v) is 9.25. The molecule has 0 saturated carbocycles. The molecule has 6 rings (SSSR count). The van der Waals surface area contributed by atoms with Crippen LogP contribution in [-0.4, -0.2) is 56.3 Å². The van der Waals surface area contributed by atoms with Crippen LogP contribution in [0.1, 0.15) is 50.2 Å². The molecule has 34 heavy (non-hydrogen) atoms. The highest BCUT2D eigenvalue weighted by Gasteiger charge is 2.34. The number of carbonyl (C=O) groups is 2. The number of anilines is 2. The Labute approximate surface area is 199 Å². The maximum absolute atomic E-state index is 15.9. The maximum Gasteiger partial charge on any atom is 0.259 e. The first-order chi connectivity index (χ1) is 16.3. The lowest BCUT2D eigenvalue weighted by atomic mass is 9.88. The molecule has 0 bridgehead atoms. The molecule has 2 amide bonds. The van der Waals surface area contributed by atoms with Crippen LogP contribution in [0.3, 0.4) is 0 Å². The molecule has 0 fully saturated rings. The minimum atomic E-state index is -0.578. The lowest BCUT2D eigenvalue weighted by molar-refractivity contribution is 0.0719. The third-order valence-corrected chi connectivity index (χ3v) is 7.11. The molecule has 174 valence electrons. The van der Waals surface area contributed by atoms with Gasteiger partial charge in [-0.05, 0) is 42.5 Å². The third kappa shape index (κ3) is 3.01. The molecule has 3 aromatic rings. The molecule has 0 aromatic carbocycles. The fourth-order valence-electron chi connectivity index (χ4n) is 5.09. The van der Waals surface area contributed by atoms with E-state index in [0.29, 0.717) is 54.7 Å². The summed E-state index contributed by atoms with van der Waals surface area (Å²) in [4.78, 5) is 43.0. The van der Waals surface area contributed by atoms with E-state index in [2.05, 4.69) is 30.6 Å². The Bertz CT molecular complexity index is 1400. The van der Waals surface area contributed by atoms with Crippen molar-refractivity contribution in [2.75, 3.05) is 18.9 Å². The van der Waals surface area contributed by atoms with E-state index in [1.807, 2.05) is 6.92 Å². The highest BCUT2D eigenvalue weighted by atomic mass is 35.5. The van der Waals surface area contributed by atoms with E-state index in [0.717, 1.165) is 16.8 Å². The second-order valence-electron chi connectivity index (χ2n) is 8.92. The molecule has 0 saturated heterocycles. The van der Waals surface area contributed by atoms with Gasteiger partial charge in [-0.2, -0.15) is 4.98 Å². The van der Waals surface area contributed by atoms with Crippen LogP contribution in [0.25, 0.3) is 11.3 Å². The van der Waals surface area contributed by atoms with Crippen molar-refractivity contribution >= 4 is 35.1 Å². The number of aromatic nitrogens is 4. The highest BCUT2D eigenvalue weighted by molar-refractivity contribution is 6.28. The number of amides is 2. The summed E-state index contributed by atoms with van der Waals surface area (Å²) >= 11 is 6.13. The molecule has 3 aromatic heterocycles. The minimum absolute atomic E-state index is 0.0329. The van der Waals surface area contributed by atoms with Crippen LogP contribution in [0.15, 0.2) is 6.20 Å². The third-order valence-electron chi connectivity index (χ3n) is 6.94. The number of aromatic amines is 1. The van der Waals surface area contributed by atoms with Crippen molar-refractivity contribution in [3.05, 3.63) is 50.9 Å². The van der Waals surface area contributed by atoms with Gasteiger partial charge in [-0.15, -0.1) is 0 Å². The van der Waals surface area contributed by atoms with E-state index in [1.54, 1.807) is 18.1 Å². The number of carbonyl (C=O) groups excluding carboxylic acids is 2. The number of H-pyrrole nitrogens is 1. The van der Waals surface area contributed by atoms with Crippen LogP contribution < -0.4 is 10.6 Å². The molecule has 1 aliphatic carbocycles. The summed E-state index contributed by atoms with van der Waals surface area (Å²) in [6.45, 7) is 2.47. The summed E-state index contributed by atoms with van der Waals surface area (Å²) in [6, 6.07) is -0.0491. The van der Waals surface area contributed by atoms with Crippen LogP contribution in [0, 0.1) is 5.82 Å². The predicted molar refractivity (Wildman–Crippen MR) is 123 cm³/mol. The standard InChI is InChI=1S/C23H21ClFN7O2/c1-9-7-13-16(22(34)32(9)2)19(31-23(24)29-13)30-20-17(25)14-10(8-27-20)3-4-11-15-12(28-18(11)14)5-6-26-21(15)33/h8-9,28H,3-7H2,1-2H3,(H,26,33)(H,27,29,30,31). The molecule has 9 nitrogen and oxygen atoms in total. The molecule has 11 heteroatoms. The Morgan fingerprint density at radius 2 is 1.97 bits per heavy atom. The van der Waals surface area contributed by atoms with E-state index in [4.69, 9.17) is 11.6 Å². The summed E-state index contributed by atoms with van der Waals surface area (Å²) in [7, 11) is 1.71. The zero-order valence-electron chi connectivity index (χ0n) is 18.6. The van der Waals surface area contributed by atoms with Gasteiger partial charge in [0.25, 0.3) is 11.8 Å². The largest absolute Gasteiger partial charge is 0.357 e. The molecule has 0 spiro atoms. The normalized spacial score (nSPS) is 18.6. The monoisotopic (exact) mass is 481 g/mol. The molecule has 3 aliphatic rings. The smallest absolute Gasteiger partial charge is 0.259 e. The summed E-state index contributed by atoms with van der Waals surface area (Å²) in [5.74, 6) is -0.933. The van der Waals surface area contributed by atoms with Crippen molar-refractivity contribution in [1.82, 2.24) is 30.2 Å². The Balaban J connectivity index is 1.46. The SMILES string of the molecule is CC1Cc2nc(Cl)nc(Nc3ncc4c(c3F)-c3[nH]c5c(c3CC4)C(=O)NCC5)c2C(=O)N1C. The van der Waals surface area contributed by atoms with Crippen LogP contribution in [0.2, 0.25) is 5.28 Å². The first-order valence-corrected chi connectivity index (χ1v) is 11.5. The zero-order valence-corrected chi connectivity index (χ0v) is 19.3. The van der Waals surface area contributed by atoms with Crippen LogP contribution in [0.5, 0.6) is 0 Å². The van der Waals surface area contributed by atoms with E-state index in [9.17, 15) is 9.59 Å². The average molecular weight is 482 g/mol. The van der Waals surface area contributed by atoms with Gasteiger partial charge in [0, 0.05) is 49.9 Å². The fraction of sp³-hybridized carbons (Fsp3) is 0.348. The van der Waals surface area contributed by atoms with Crippen LogP contribution in [-0.2, 0) is 25.7 Å². The van der Waals surface area contributed by atoms with Crippen LogP contribution >= 0.6 is 11.6 Å². The maximum atomic E-state index is 15.9. The number of fused-ring (bicyclic) bond motifs is 6. The number of aryl methyl sites for hydroxylation is 1. The lowest BCUT2D eigenvalue weighted by Gasteiger charge is -2.31. The van der Waals surface area contributed by atoms with Crippen molar-refractivity contribution in [3.8, 4) is 11.3 Å². The first kappa shape index (κ1) is 21.0. The summed E-state index contributed by atoms with van der Waals surface area (Å²) in [6.07, 6.45) is 3.99. The van der Waals surface area contributed by atoms with Gasteiger partial charge >= 0.3 is 0 Å². The fourth-order valence-corrected chi connectivity index (χ4v) is 5.27. The molecule has 0 radical (unpaired) electrons. The Morgan fingerprint density at radius 1 is 1.15 bits per heavy atom. The van der Waals surface area contributed by atoms with Gasteiger partial charge in [0.05, 0.1) is 17.0 Å². The van der Waals surface area contributed by atoms with Crippen molar-refractivity contribution in [2.45, 2.75) is 38.6 Å². The van der Waals surface area contributed by atoms with Crippen molar-refractivity contribution in [2.24, 2.45) is 0 Å². The minimum Gasteiger partial charge on any atom is -0.357 e. The summed E-state index contributed by atoms with van der Waals surface area (Å²) < 4.78 is 15.9. The van der Waals surface area contributed by atoms with Gasteiger partial charge in [0.15, 0.2) is 11.6 Å². The van der Waals surface area contributed by atoms with Gasteiger partial charge in [0.2, 0.25) is 5.28 Å². The quantitative estimate of drug-likeness (QED) is 0.485. The Kier molecular flexibility index (Phi) is 4.63. The number of rotatable bonds is 2. The summed E-state index contributed by atoms with van der Waals surface area (Å²) in [5.41, 5.74) is 4.79. The van der Waals surface area contributed by atoms with Gasteiger partial charge in [-0.3, -0.25) is 9.59 Å². The number of halogens is 2. The average Bonchev–Trinajstić information content (AvgIpc) is 3.18. The molecule has 1 unspecified atom stereocenters. The zero-order chi connectivity index (χ0) is 23.7. The molecular weight excluding hydrogens is 461 g/mol. The van der Waals surface area contributed by atoms with E-state index in [-0.39, 0.29) is 40.3 Å². The number of hydrogen-bond acceptors (Lipinski definition) is 6. The Morgan fingerprint density at radius 3 is 2.79 bits per heavy atom. The van der Waals surface area contributed by atoms with Crippen molar-refractivity contribution in [1.29, 1.82) is 0 Å². The van der Waals surface area contributed by atoms with Gasteiger partial charge in [-0.25, -0.2) is 14.4 Å². The van der Waals surface area contributed by atoms with Crippen molar-refractivity contribution in [3.63, 3.8) is 0 Å². The van der Waals surface area contributed by atoms with Gasteiger partial charge in [-0.1, -0.05) is 0 Å². The van der Waals surface area contributed by atoms with Crippen molar-refractivity contribution < 1.29 is 14.0 Å². The highest BCUT2D eigenvalue weighted by Crippen LogP contribution is 2.40. The summed E-state index contributed by atoms with van der Waals surface area (Å²) in [5, 5.41) is 5.73. The predicted octanol–water partition coefficient (Wildman–Crippen LogP) is 2.80. The number of pyridine rings is 1. The number of hydrogen-bond donors (Lipinski definition) is 3. The Hall–Kier alpha value is -3.53. The molecule has 2 aliphatic heterocycles. The second kappa shape index (κ2) is 7.49.